The Labute approximate surface area is 107 Å². The van der Waals surface area contributed by atoms with Crippen molar-refractivity contribution in [1.29, 1.82) is 0 Å². The van der Waals surface area contributed by atoms with E-state index in [9.17, 15) is 8.96 Å². The van der Waals surface area contributed by atoms with Crippen molar-refractivity contribution in [2.75, 3.05) is 20.1 Å². The average Bonchev–Trinajstić information content (AvgIpc) is 2.32. The van der Waals surface area contributed by atoms with Gasteiger partial charge in [-0.15, -0.1) is 0 Å². The fourth-order valence-corrected chi connectivity index (χ4v) is 3.20. The van der Waals surface area contributed by atoms with Crippen LogP contribution < -0.4 is 4.74 Å². The monoisotopic (exact) mass is 276 g/mol. The van der Waals surface area contributed by atoms with Gasteiger partial charge in [0.1, 0.15) is 5.75 Å². The molecule has 0 unspecified atom stereocenters. The van der Waals surface area contributed by atoms with Gasteiger partial charge in [0.15, 0.2) is 0 Å². The predicted octanol–water partition coefficient (Wildman–Crippen LogP) is 3.76. The van der Waals surface area contributed by atoms with Gasteiger partial charge < -0.3 is 13.8 Å². The van der Waals surface area contributed by atoms with Crippen LogP contribution in [-0.2, 0) is 19.8 Å². The van der Waals surface area contributed by atoms with Gasteiger partial charge in [0.2, 0.25) is 6.86 Å². The molecule has 102 valence electrons. The second-order valence-corrected chi connectivity index (χ2v) is 5.56. The first-order valence-corrected chi connectivity index (χ1v) is 7.52. The molecule has 0 aliphatic rings. The van der Waals surface area contributed by atoms with E-state index in [0.29, 0.717) is 19.0 Å². The largest absolute Gasteiger partial charge is 0.463 e. The lowest BCUT2D eigenvalue weighted by Crippen LogP contribution is -1.99. The number of rotatable bonds is 8. The van der Waals surface area contributed by atoms with Gasteiger partial charge in [0, 0.05) is 0 Å². The van der Waals surface area contributed by atoms with E-state index >= 15 is 0 Å². The lowest BCUT2D eigenvalue weighted by Gasteiger charge is -2.17. The number of alkyl halides is 1. The highest BCUT2D eigenvalue weighted by molar-refractivity contribution is 7.53. The molecule has 0 atom stereocenters. The van der Waals surface area contributed by atoms with E-state index < -0.39 is 14.5 Å². The van der Waals surface area contributed by atoms with Gasteiger partial charge in [0.25, 0.3) is 0 Å². The molecule has 0 spiro atoms. The molecule has 0 aromatic heterocycles. The van der Waals surface area contributed by atoms with Crippen LogP contribution in [0, 0.1) is 0 Å². The molecule has 1 aromatic rings. The normalized spacial score (nSPS) is 11.5. The third-order valence-corrected chi connectivity index (χ3v) is 4.23. The summed E-state index contributed by atoms with van der Waals surface area (Å²) in [6, 6.07) is 6.68. The molecule has 0 fully saturated rings. The predicted molar refractivity (Wildman–Crippen MR) is 67.6 cm³/mol. The topological polar surface area (TPSA) is 44.8 Å². The van der Waals surface area contributed by atoms with Gasteiger partial charge in [-0.05, 0) is 31.5 Å². The van der Waals surface area contributed by atoms with E-state index in [-0.39, 0.29) is 6.16 Å². The molecule has 0 bridgehead atoms. The lowest BCUT2D eigenvalue weighted by molar-refractivity contribution is 0.191. The Morgan fingerprint density at radius 1 is 1.11 bits per heavy atom. The quantitative estimate of drug-likeness (QED) is 0.678. The minimum Gasteiger partial charge on any atom is -0.463 e. The van der Waals surface area contributed by atoms with Gasteiger partial charge in [-0.25, -0.2) is 4.39 Å². The third kappa shape index (κ3) is 4.77. The third-order valence-electron chi connectivity index (χ3n) is 2.17. The molecular weight excluding hydrogens is 258 g/mol. The van der Waals surface area contributed by atoms with Crippen LogP contribution >= 0.6 is 7.60 Å². The maximum Gasteiger partial charge on any atom is 0.335 e. The van der Waals surface area contributed by atoms with Gasteiger partial charge in [0.05, 0.1) is 19.4 Å². The van der Waals surface area contributed by atoms with E-state index in [1.54, 1.807) is 38.1 Å². The highest BCUT2D eigenvalue weighted by Crippen LogP contribution is 2.51. The molecule has 0 aliphatic carbocycles. The smallest absolute Gasteiger partial charge is 0.335 e. The molecule has 1 aromatic carbocycles. The Balaban J connectivity index is 2.71. The van der Waals surface area contributed by atoms with E-state index in [0.717, 1.165) is 5.56 Å². The van der Waals surface area contributed by atoms with Gasteiger partial charge in [-0.3, -0.25) is 4.57 Å². The van der Waals surface area contributed by atoms with Crippen LogP contribution in [0.25, 0.3) is 0 Å². The molecule has 18 heavy (non-hydrogen) atoms. The summed E-state index contributed by atoms with van der Waals surface area (Å²) < 4.78 is 39.3. The summed E-state index contributed by atoms with van der Waals surface area (Å²) in [6.07, 6.45) is 0.199. The van der Waals surface area contributed by atoms with Crippen LogP contribution in [0.1, 0.15) is 19.4 Å². The Hall–Kier alpha value is -0.900. The highest BCUT2D eigenvalue weighted by Gasteiger charge is 2.23. The van der Waals surface area contributed by atoms with E-state index in [1.807, 2.05) is 0 Å². The number of hydrogen-bond donors (Lipinski definition) is 0. The number of ether oxygens (including phenoxy) is 1. The fourth-order valence-electron chi connectivity index (χ4n) is 1.50. The first-order chi connectivity index (χ1) is 8.63. The van der Waals surface area contributed by atoms with Crippen LogP contribution in [0.4, 0.5) is 4.39 Å². The maximum atomic E-state index is 12.3. The summed E-state index contributed by atoms with van der Waals surface area (Å²) >= 11 is 0. The van der Waals surface area contributed by atoms with Crippen LogP contribution in [0.5, 0.6) is 5.75 Å². The Bertz CT molecular complexity index is 384. The number of halogens is 1. The van der Waals surface area contributed by atoms with Crippen molar-refractivity contribution in [1.82, 2.24) is 0 Å². The van der Waals surface area contributed by atoms with Crippen LogP contribution in [0.2, 0.25) is 0 Å². The standard InChI is InChI=1S/C12H18FO4P/c1-3-16-18(14,17-4-2)9-11-5-7-12(8-6-11)15-10-13/h5-8H,3-4,9-10H2,1-2H3. The molecule has 0 aliphatic heterocycles. The fraction of sp³-hybridized carbons (Fsp3) is 0.500. The summed E-state index contributed by atoms with van der Waals surface area (Å²) in [5, 5.41) is 0. The Kier molecular flexibility index (Phi) is 6.33. The lowest BCUT2D eigenvalue weighted by atomic mass is 10.2. The summed E-state index contributed by atoms with van der Waals surface area (Å²) in [5.41, 5.74) is 0.798. The minimum atomic E-state index is -3.09. The van der Waals surface area contributed by atoms with Crippen molar-refractivity contribution in [2.45, 2.75) is 20.0 Å². The summed E-state index contributed by atoms with van der Waals surface area (Å²) in [6.45, 7) is 3.34. The number of benzene rings is 1. The molecule has 0 radical (unpaired) electrons. The highest BCUT2D eigenvalue weighted by atomic mass is 31.2. The number of hydrogen-bond acceptors (Lipinski definition) is 4. The minimum absolute atomic E-state index is 0.199. The molecule has 0 heterocycles. The summed E-state index contributed by atoms with van der Waals surface area (Å²) in [7, 11) is -3.09. The van der Waals surface area contributed by atoms with Gasteiger partial charge in [-0.1, -0.05) is 12.1 Å². The molecule has 0 saturated heterocycles. The van der Waals surface area contributed by atoms with Crippen molar-refractivity contribution in [3.05, 3.63) is 29.8 Å². The molecular formula is C12H18FO4P. The van der Waals surface area contributed by atoms with Crippen LogP contribution in [-0.4, -0.2) is 20.1 Å². The van der Waals surface area contributed by atoms with Crippen molar-refractivity contribution < 1.29 is 22.7 Å². The zero-order chi connectivity index (χ0) is 13.4. The first-order valence-electron chi connectivity index (χ1n) is 5.79. The second kappa shape index (κ2) is 7.52. The van der Waals surface area contributed by atoms with Crippen LogP contribution in [0.3, 0.4) is 0 Å². The van der Waals surface area contributed by atoms with Gasteiger partial charge >= 0.3 is 7.60 Å². The SMILES string of the molecule is CCOP(=O)(Cc1ccc(OCF)cc1)OCC. The Morgan fingerprint density at radius 3 is 2.11 bits per heavy atom. The van der Waals surface area contributed by atoms with E-state index in [2.05, 4.69) is 4.74 Å². The molecule has 0 saturated carbocycles. The zero-order valence-electron chi connectivity index (χ0n) is 10.6. The van der Waals surface area contributed by atoms with Gasteiger partial charge in [-0.2, -0.15) is 0 Å². The molecule has 0 amide bonds. The maximum absolute atomic E-state index is 12.3. The van der Waals surface area contributed by atoms with Crippen molar-refractivity contribution in [2.24, 2.45) is 0 Å². The summed E-state index contributed by atoms with van der Waals surface area (Å²) in [5.74, 6) is 0.434. The average molecular weight is 276 g/mol. The second-order valence-electron chi connectivity index (χ2n) is 3.50. The van der Waals surface area contributed by atoms with E-state index in [4.69, 9.17) is 9.05 Å². The Morgan fingerprint density at radius 2 is 1.67 bits per heavy atom. The molecule has 4 nitrogen and oxygen atoms in total. The first kappa shape index (κ1) is 15.2. The zero-order valence-corrected chi connectivity index (χ0v) is 11.5. The van der Waals surface area contributed by atoms with Crippen molar-refractivity contribution >= 4 is 7.60 Å². The summed E-state index contributed by atoms with van der Waals surface area (Å²) in [4.78, 5) is 0. The molecule has 0 N–H and O–H groups in total. The van der Waals surface area contributed by atoms with Crippen LogP contribution in [0.15, 0.2) is 24.3 Å². The van der Waals surface area contributed by atoms with E-state index in [1.165, 1.54) is 0 Å². The van der Waals surface area contributed by atoms with Crippen molar-refractivity contribution in [3.63, 3.8) is 0 Å². The molecule has 1 rings (SSSR count). The van der Waals surface area contributed by atoms with Crippen molar-refractivity contribution in [3.8, 4) is 5.75 Å². The molecule has 6 heteroatoms.